The second kappa shape index (κ2) is 8.58. The van der Waals surface area contributed by atoms with E-state index in [1.165, 1.54) is 4.52 Å². The van der Waals surface area contributed by atoms with Crippen LogP contribution in [0.5, 0.6) is 0 Å². The monoisotopic (exact) mass is 445 g/mol. The topological polar surface area (TPSA) is 161 Å². The van der Waals surface area contributed by atoms with Gasteiger partial charge in [-0.15, -0.1) is 5.10 Å². The van der Waals surface area contributed by atoms with E-state index in [0.29, 0.717) is 54.5 Å². The first-order valence-electron chi connectivity index (χ1n) is 10.3. The van der Waals surface area contributed by atoms with Crippen LogP contribution in [0.2, 0.25) is 0 Å². The molecule has 3 aromatic heterocycles. The number of amides is 1. The maximum absolute atomic E-state index is 11.7. The molecule has 4 aromatic rings. The molecular weight excluding hydrogens is 425 g/mol. The van der Waals surface area contributed by atoms with Gasteiger partial charge in [-0.25, -0.2) is 14.5 Å². The largest absolute Gasteiger partial charge is 0.488 e. The molecule has 11 nitrogen and oxygen atoms in total. The number of nitrogens with two attached hydrogens (primary N) is 1. The molecule has 0 aliphatic carbocycles. The third-order valence-electron chi connectivity index (χ3n) is 5.44. The molecule has 4 heterocycles. The van der Waals surface area contributed by atoms with E-state index in [0.717, 1.165) is 16.8 Å². The van der Waals surface area contributed by atoms with Crippen molar-refractivity contribution in [3.05, 3.63) is 65.0 Å². The summed E-state index contributed by atoms with van der Waals surface area (Å²) in [5, 5.41) is 30.5. The first-order valence-corrected chi connectivity index (χ1v) is 10.3. The second-order valence-electron chi connectivity index (χ2n) is 7.61. The number of rotatable bonds is 6. The van der Waals surface area contributed by atoms with Crippen LogP contribution in [-0.4, -0.2) is 54.5 Å². The van der Waals surface area contributed by atoms with Crippen molar-refractivity contribution in [2.45, 2.75) is 19.6 Å². The number of pyridine rings is 1. The van der Waals surface area contributed by atoms with Crippen molar-refractivity contribution in [1.82, 2.24) is 24.8 Å². The molecule has 1 amide bonds. The van der Waals surface area contributed by atoms with Crippen LogP contribution in [0.25, 0.3) is 17.0 Å². The van der Waals surface area contributed by atoms with Crippen molar-refractivity contribution in [2.24, 2.45) is 5.73 Å². The summed E-state index contributed by atoms with van der Waals surface area (Å²) >= 11 is 0. The van der Waals surface area contributed by atoms with Gasteiger partial charge in [0.1, 0.15) is 11.5 Å². The van der Waals surface area contributed by atoms with Gasteiger partial charge in [-0.05, 0) is 23.2 Å². The smallest absolute Gasteiger partial charge is 0.423 e. The Morgan fingerprint density at radius 3 is 2.88 bits per heavy atom. The molecule has 0 spiro atoms. The third kappa shape index (κ3) is 4.02. The fraction of sp³-hybridized carbons (Fsp3) is 0.190. The predicted octanol–water partition coefficient (Wildman–Crippen LogP) is -0.350. The van der Waals surface area contributed by atoms with E-state index in [1.54, 1.807) is 36.4 Å². The molecule has 5 N–H and O–H groups in total. The molecule has 0 saturated heterocycles. The molecule has 12 heteroatoms. The van der Waals surface area contributed by atoms with Crippen molar-refractivity contribution in [3.63, 3.8) is 0 Å². The molecular formula is C21H20BN7O4. The Morgan fingerprint density at radius 1 is 1.21 bits per heavy atom. The molecule has 0 atom stereocenters. The third-order valence-corrected chi connectivity index (χ3v) is 5.44. The quantitative estimate of drug-likeness (QED) is 0.291. The highest BCUT2D eigenvalue weighted by Crippen LogP contribution is 2.28. The molecule has 0 unspecified atom stereocenters. The van der Waals surface area contributed by atoms with Gasteiger partial charge in [0.15, 0.2) is 11.5 Å². The zero-order chi connectivity index (χ0) is 22.9. The predicted molar refractivity (Wildman–Crippen MR) is 119 cm³/mol. The molecule has 1 aliphatic rings. The average Bonchev–Trinajstić information content (AvgIpc) is 3.26. The summed E-state index contributed by atoms with van der Waals surface area (Å²) in [4.78, 5) is 21.1. The van der Waals surface area contributed by atoms with Crippen molar-refractivity contribution < 1.29 is 19.6 Å². The van der Waals surface area contributed by atoms with Crippen molar-refractivity contribution in [3.8, 4) is 11.5 Å². The number of hydrogen-bond donors (Lipinski definition) is 4. The Bertz CT molecular complexity index is 1360. The normalized spacial score (nSPS) is 13.0. The number of fused-ring (bicyclic) bond motifs is 2. The van der Waals surface area contributed by atoms with Crippen molar-refractivity contribution in [2.75, 3.05) is 11.9 Å². The van der Waals surface area contributed by atoms with Crippen LogP contribution in [-0.2, 0) is 24.3 Å². The van der Waals surface area contributed by atoms with Gasteiger partial charge in [0.05, 0.1) is 24.4 Å². The number of ether oxygens (including phenoxy) is 1. The summed E-state index contributed by atoms with van der Waals surface area (Å²) in [6.07, 6.45) is 0.654. The molecule has 0 fully saturated rings. The summed E-state index contributed by atoms with van der Waals surface area (Å²) in [6.45, 7) is 1.32. The lowest BCUT2D eigenvalue weighted by Crippen LogP contribution is -2.30. The van der Waals surface area contributed by atoms with Gasteiger partial charge in [0.25, 0.3) is 5.91 Å². The summed E-state index contributed by atoms with van der Waals surface area (Å²) < 4.78 is 6.96. The van der Waals surface area contributed by atoms with Gasteiger partial charge >= 0.3 is 7.12 Å². The summed E-state index contributed by atoms with van der Waals surface area (Å²) in [5.74, 6) is 0.368. The highest BCUT2D eigenvalue weighted by atomic mass is 16.5. The number of nitrogens with one attached hydrogen (secondary N) is 1. The molecule has 0 bridgehead atoms. The zero-order valence-electron chi connectivity index (χ0n) is 17.5. The number of anilines is 1. The molecule has 1 aliphatic heterocycles. The minimum absolute atomic E-state index is 0.205. The van der Waals surface area contributed by atoms with Crippen LogP contribution in [0, 0.1) is 0 Å². The molecule has 166 valence electrons. The second-order valence-corrected chi connectivity index (χ2v) is 7.61. The van der Waals surface area contributed by atoms with Gasteiger partial charge < -0.3 is 25.8 Å². The fourth-order valence-corrected chi connectivity index (χ4v) is 3.82. The number of aromatic nitrogens is 5. The van der Waals surface area contributed by atoms with E-state index >= 15 is 0 Å². The lowest BCUT2D eigenvalue weighted by molar-refractivity contribution is 0.0993. The van der Waals surface area contributed by atoms with E-state index in [1.807, 2.05) is 6.07 Å². The highest BCUT2D eigenvalue weighted by Gasteiger charge is 2.22. The highest BCUT2D eigenvalue weighted by molar-refractivity contribution is 6.58. The summed E-state index contributed by atoms with van der Waals surface area (Å²) in [6, 6.07) is 12.0. The molecule has 0 saturated carbocycles. The number of carbonyl (C=O) groups excluding carboxylic acids is 1. The van der Waals surface area contributed by atoms with E-state index in [9.17, 15) is 14.8 Å². The maximum Gasteiger partial charge on any atom is 0.488 e. The maximum atomic E-state index is 11.7. The fourth-order valence-electron chi connectivity index (χ4n) is 3.82. The van der Waals surface area contributed by atoms with E-state index < -0.39 is 13.0 Å². The SMILES string of the molecule is NC(=O)c1cccc2c(-c3nc4c(c(NCc5cccc(B(O)O)c5)n3)CCOC4)nnn12. The molecule has 5 rings (SSSR count). The van der Waals surface area contributed by atoms with E-state index in [2.05, 4.69) is 20.6 Å². The van der Waals surface area contributed by atoms with Crippen LogP contribution >= 0.6 is 0 Å². The summed E-state index contributed by atoms with van der Waals surface area (Å²) in [7, 11) is -1.53. The Kier molecular flexibility index (Phi) is 5.46. The number of nitrogens with zero attached hydrogens (tertiary/aromatic N) is 5. The van der Waals surface area contributed by atoms with E-state index in [-0.39, 0.29) is 5.69 Å². The zero-order valence-corrected chi connectivity index (χ0v) is 17.5. The van der Waals surface area contributed by atoms with Crippen LogP contribution in [0.4, 0.5) is 5.82 Å². The van der Waals surface area contributed by atoms with E-state index in [4.69, 9.17) is 15.5 Å². The van der Waals surface area contributed by atoms with Gasteiger partial charge in [-0.2, -0.15) is 0 Å². The Labute approximate surface area is 188 Å². The number of hydrogen-bond acceptors (Lipinski definition) is 9. The number of benzene rings is 1. The summed E-state index contributed by atoms with van der Waals surface area (Å²) in [5.41, 5.74) is 9.61. The van der Waals surface area contributed by atoms with Gasteiger partial charge in [0.2, 0.25) is 0 Å². The van der Waals surface area contributed by atoms with Crippen molar-refractivity contribution >= 4 is 29.8 Å². The lowest BCUT2D eigenvalue weighted by Gasteiger charge is -2.20. The lowest BCUT2D eigenvalue weighted by atomic mass is 9.79. The van der Waals surface area contributed by atoms with Gasteiger partial charge in [-0.3, -0.25) is 4.79 Å². The Hall–Kier alpha value is -3.87. The first-order chi connectivity index (χ1) is 16.0. The molecule has 0 radical (unpaired) electrons. The average molecular weight is 445 g/mol. The molecule has 1 aromatic carbocycles. The molecule has 33 heavy (non-hydrogen) atoms. The van der Waals surface area contributed by atoms with Crippen LogP contribution in [0.15, 0.2) is 42.5 Å². The van der Waals surface area contributed by atoms with Crippen LogP contribution in [0.3, 0.4) is 0 Å². The van der Waals surface area contributed by atoms with Crippen LogP contribution in [0.1, 0.15) is 27.3 Å². The number of carbonyl (C=O) groups is 1. The Morgan fingerprint density at radius 2 is 2.06 bits per heavy atom. The van der Waals surface area contributed by atoms with Crippen LogP contribution < -0.4 is 16.5 Å². The first kappa shape index (κ1) is 21.0. The minimum atomic E-state index is -1.53. The number of primary amides is 1. The van der Waals surface area contributed by atoms with Gasteiger partial charge in [-0.1, -0.05) is 35.5 Å². The minimum Gasteiger partial charge on any atom is -0.423 e. The standard InChI is InChI=1S/C21H20BN7O4/c23-19(30)17-6-2-5-16-18(27-28-29(16)17)21-25-15-11-33-8-7-14(15)20(26-21)24-10-12-3-1-4-13(9-12)22(31)32/h1-6,9,31-32H,7-8,10-11H2,(H2,23,30)(H,24,25,26). The van der Waals surface area contributed by atoms with Crippen molar-refractivity contribution in [1.29, 1.82) is 0 Å². The van der Waals surface area contributed by atoms with Gasteiger partial charge in [0, 0.05) is 18.5 Å². The Balaban J connectivity index is 1.54.